The van der Waals surface area contributed by atoms with E-state index in [0.29, 0.717) is 19.4 Å². The van der Waals surface area contributed by atoms with Crippen LogP contribution >= 0.6 is 0 Å². The van der Waals surface area contributed by atoms with E-state index in [0.717, 1.165) is 64.6 Å². The molecule has 0 radical (unpaired) electrons. The smallest absolute Gasteiger partial charge is 0.237 e. The lowest BCUT2D eigenvalue weighted by molar-refractivity contribution is -0.132. The van der Waals surface area contributed by atoms with Gasteiger partial charge in [-0.25, -0.2) is 0 Å². The second kappa shape index (κ2) is 21.9. The number of Topliss-reactive ketones (excluding diaryl/α,β-unsaturated/α-hetero) is 1. The van der Waals surface area contributed by atoms with Crippen LogP contribution in [0.25, 0.3) is 0 Å². The first-order valence-electron chi connectivity index (χ1n) is 13.2. The average Bonchev–Trinajstić information content (AvgIpc) is 2.82. The van der Waals surface area contributed by atoms with E-state index in [1.165, 1.54) is 0 Å². The van der Waals surface area contributed by atoms with Gasteiger partial charge in [0.1, 0.15) is 0 Å². The molecule has 0 aliphatic heterocycles. The fourth-order valence-corrected chi connectivity index (χ4v) is 4.02. The molecule has 0 saturated carbocycles. The summed E-state index contributed by atoms with van der Waals surface area (Å²) in [6.45, 7) is 5.10. The number of carbonyl (C=O) groups excluding carboxylic acids is 3. The van der Waals surface area contributed by atoms with E-state index >= 15 is 0 Å². The van der Waals surface area contributed by atoms with Crippen molar-refractivity contribution in [2.24, 2.45) is 5.92 Å². The number of carbonyl (C=O) groups is 3. The predicted molar refractivity (Wildman–Crippen MR) is 140 cm³/mol. The molecular formula is C25H52N6O3. The Morgan fingerprint density at radius 3 is 1.62 bits per heavy atom. The maximum atomic E-state index is 13.3. The van der Waals surface area contributed by atoms with Crippen LogP contribution in [0.15, 0.2) is 0 Å². The van der Waals surface area contributed by atoms with Crippen molar-refractivity contribution in [2.75, 3.05) is 54.4 Å². The zero-order chi connectivity index (χ0) is 25.6. The number of hydrogen-bond donors (Lipinski definition) is 6. The van der Waals surface area contributed by atoms with Gasteiger partial charge in [-0.15, -0.1) is 0 Å². The monoisotopic (exact) mass is 484 g/mol. The maximum Gasteiger partial charge on any atom is 0.237 e. The summed E-state index contributed by atoms with van der Waals surface area (Å²) in [4.78, 5) is 38.9. The number of hydrogen-bond acceptors (Lipinski definition) is 7. The molecule has 0 aliphatic rings. The minimum atomic E-state index is -0.563. The number of likely N-dealkylation sites (N-methyl/N-ethyl adjacent to an activating group) is 1. The Morgan fingerprint density at radius 1 is 0.647 bits per heavy atom. The number of rotatable bonds is 23. The first kappa shape index (κ1) is 32.5. The summed E-state index contributed by atoms with van der Waals surface area (Å²) in [7, 11) is 7.51. The van der Waals surface area contributed by atoms with Gasteiger partial charge < -0.3 is 31.9 Å². The topological polar surface area (TPSA) is 123 Å². The molecule has 0 aromatic carbocycles. The Balaban J connectivity index is 5.19. The van der Waals surface area contributed by atoms with Crippen molar-refractivity contribution in [2.45, 2.75) is 83.2 Å². The second-order valence-corrected chi connectivity index (χ2v) is 8.96. The van der Waals surface area contributed by atoms with Gasteiger partial charge in [0.2, 0.25) is 11.8 Å². The van der Waals surface area contributed by atoms with E-state index in [9.17, 15) is 14.4 Å². The lowest BCUT2D eigenvalue weighted by atomic mass is 9.91. The van der Waals surface area contributed by atoms with Crippen molar-refractivity contribution in [1.82, 2.24) is 31.9 Å². The van der Waals surface area contributed by atoms with Crippen molar-refractivity contribution in [3.8, 4) is 0 Å². The molecule has 0 spiro atoms. The number of ketones is 1. The maximum absolute atomic E-state index is 13.3. The van der Waals surface area contributed by atoms with Gasteiger partial charge in [0.15, 0.2) is 5.78 Å². The van der Waals surface area contributed by atoms with Gasteiger partial charge in [0, 0.05) is 18.9 Å². The van der Waals surface area contributed by atoms with Crippen LogP contribution in [0.4, 0.5) is 0 Å². The van der Waals surface area contributed by atoms with Crippen LogP contribution in [-0.2, 0) is 14.4 Å². The van der Waals surface area contributed by atoms with Crippen molar-refractivity contribution in [3.05, 3.63) is 0 Å². The fraction of sp³-hybridized carbons (Fsp3) is 0.880. The summed E-state index contributed by atoms with van der Waals surface area (Å²) in [5, 5.41) is 18.3. The zero-order valence-electron chi connectivity index (χ0n) is 22.4. The Hall–Kier alpha value is -1.55. The van der Waals surface area contributed by atoms with Gasteiger partial charge in [-0.3, -0.25) is 14.4 Å². The molecule has 9 nitrogen and oxygen atoms in total. The van der Waals surface area contributed by atoms with Crippen LogP contribution in [0, 0.1) is 5.92 Å². The van der Waals surface area contributed by atoms with Crippen molar-refractivity contribution >= 4 is 17.6 Å². The summed E-state index contributed by atoms with van der Waals surface area (Å²) < 4.78 is 0. The van der Waals surface area contributed by atoms with Crippen molar-refractivity contribution in [3.63, 3.8) is 0 Å². The van der Waals surface area contributed by atoms with Gasteiger partial charge in [0.05, 0.1) is 12.1 Å². The molecule has 3 atom stereocenters. The quantitative estimate of drug-likeness (QED) is 0.119. The first-order chi connectivity index (χ1) is 16.4. The highest BCUT2D eigenvalue weighted by molar-refractivity contribution is 5.93. The molecule has 0 heterocycles. The third-order valence-corrected chi connectivity index (χ3v) is 6.11. The molecule has 0 fully saturated rings. The van der Waals surface area contributed by atoms with Crippen molar-refractivity contribution < 1.29 is 14.4 Å². The summed E-state index contributed by atoms with van der Waals surface area (Å²) in [5.41, 5.74) is 0. The summed E-state index contributed by atoms with van der Waals surface area (Å²) >= 11 is 0. The minimum absolute atomic E-state index is 0.0484. The molecule has 2 amide bonds. The summed E-state index contributed by atoms with van der Waals surface area (Å²) in [5.74, 6) is -0.615. The molecule has 0 saturated heterocycles. The minimum Gasteiger partial charge on any atom is -0.356 e. The molecule has 200 valence electrons. The lowest BCUT2D eigenvalue weighted by Crippen LogP contribution is -2.50. The molecule has 3 unspecified atom stereocenters. The standard InChI is InChI=1S/C25H52N6O3/c1-6-30-24(33)20(13-7-10-16-26-2)19-23(32)21(14-8-11-17-27-3)31-25(34)22(29-5)15-9-12-18-28-4/h20-22,26-29H,6-19H2,1-5H3,(H,30,33)(H,31,34). The molecule has 6 N–H and O–H groups in total. The van der Waals surface area contributed by atoms with Crippen LogP contribution in [-0.4, -0.2) is 84.1 Å². The third kappa shape index (κ3) is 15.4. The Kier molecular flexibility index (Phi) is 20.9. The number of unbranched alkanes of at least 4 members (excludes halogenated alkanes) is 3. The number of amides is 2. The Morgan fingerprint density at radius 2 is 1.15 bits per heavy atom. The van der Waals surface area contributed by atoms with Crippen LogP contribution in [0.5, 0.6) is 0 Å². The molecule has 0 aromatic rings. The number of nitrogens with one attached hydrogen (secondary N) is 6. The fourth-order valence-electron chi connectivity index (χ4n) is 4.02. The highest BCUT2D eigenvalue weighted by Gasteiger charge is 2.28. The lowest BCUT2D eigenvalue weighted by Gasteiger charge is -2.24. The van der Waals surface area contributed by atoms with Crippen LogP contribution < -0.4 is 31.9 Å². The van der Waals surface area contributed by atoms with Crippen molar-refractivity contribution in [1.29, 1.82) is 0 Å². The van der Waals surface area contributed by atoms with E-state index in [1.54, 1.807) is 7.05 Å². The Labute approximate surface area is 207 Å². The largest absolute Gasteiger partial charge is 0.356 e. The van der Waals surface area contributed by atoms with Gasteiger partial charge in [-0.1, -0.05) is 12.8 Å². The molecule has 0 bridgehead atoms. The van der Waals surface area contributed by atoms with Crippen LogP contribution in [0.2, 0.25) is 0 Å². The Bertz CT molecular complexity index is 547. The van der Waals surface area contributed by atoms with E-state index in [4.69, 9.17) is 0 Å². The summed E-state index contributed by atoms with van der Waals surface area (Å²) in [6, 6.07) is -0.892. The van der Waals surface area contributed by atoms with Gasteiger partial charge in [-0.2, -0.15) is 0 Å². The highest BCUT2D eigenvalue weighted by Crippen LogP contribution is 2.17. The normalized spacial score (nSPS) is 13.8. The average molecular weight is 485 g/mol. The van der Waals surface area contributed by atoms with E-state index in [-0.39, 0.29) is 36.0 Å². The first-order valence-corrected chi connectivity index (χ1v) is 13.2. The third-order valence-electron chi connectivity index (χ3n) is 6.11. The zero-order valence-corrected chi connectivity index (χ0v) is 22.4. The second-order valence-electron chi connectivity index (χ2n) is 8.96. The summed E-state index contributed by atoms with van der Waals surface area (Å²) in [6.07, 6.45) is 7.66. The molecule has 34 heavy (non-hydrogen) atoms. The molecule has 0 aromatic heterocycles. The molecule has 9 heteroatoms. The van der Waals surface area contributed by atoms with Crippen LogP contribution in [0.3, 0.4) is 0 Å². The molecule has 0 rings (SSSR count). The predicted octanol–water partition coefficient (Wildman–Crippen LogP) is 0.940. The van der Waals surface area contributed by atoms with Gasteiger partial charge >= 0.3 is 0 Å². The van der Waals surface area contributed by atoms with Gasteiger partial charge in [-0.05, 0) is 99.7 Å². The van der Waals surface area contributed by atoms with Gasteiger partial charge in [0.25, 0.3) is 0 Å². The SMILES string of the molecule is CCNC(=O)C(CCCCNC)CC(=O)C(CCCCNC)NC(=O)C(CCCCNC)NC. The van der Waals surface area contributed by atoms with Crippen LogP contribution in [0.1, 0.15) is 71.1 Å². The molecule has 0 aliphatic carbocycles. The van der Waals surface area contributed by atoms with E-state index in [2.05, 4.69) is 31.9 Å². The molecular weight excluding hydrogens is 432 g/mol. The van der Waals surface area contributed by atoms with E-state index < -0.39 is 6.04 Å². The highest BCUT2D eigenvalue weighted by atomic mass is 16.2. The van der Waals surface area contributed by atoms with E-state index in [1.807, 2.05) is 28.1 Å².